The Morgan fingerprint density at radius 1 is 1.09 bits per heavy atom. The molecule has 0 heterocycles. The van der Waals surface area contributed by atoms with Gasteiger partial charge in [0.15, 0.2) is 5.78 Å². The maximum absolute atomic E-state index is 12.4. The third kappa shape index (κ3) is 2.54. The van der Waals surface area contributed by atoms with Crippen LogP contribution in [0.15, 0.2) is 54.6 Å². The lowest BCUT2D eigenvalue weighted by molar-refractivity contribution is -0.148. The van der Waals surface area contributed by atoms with Crippen molar-refractivity contribution < 1.29 is 14.3 Å². The molecular weight excluding hydrogens is 276 g/mol. The number of Topliss-reactive ketones (excluding diaryl/α,β-unsaturated/α-hetero) is 1. The summed E-state index contributed by atoms with van der Waals surface area (Å²) >= 11 is 0. The number of ether oxygens (including phenoxy) is 1. The van der Waals surface area contributed by atoms with Crippen LogP contribution in [0.25, 0.3) is 0 Å². The number of carbonyl (C=O) groups excluding carboxylic acids is 2. The van der Waals surface area contributed by atoms with Gasteiger partial charge in [0, 0.05) is 17.9 Å². The Balaban J connectivity index is 2.11. The fourth-order valence-corrected chi connectivity index (χ4v) is 3.21. The smallest absolute Gasteiger partial charge is 0.310 e. The van der Waals surface area contributed by atoms with Crippen molar-refractivity contribution in [2.75, 3.05) is 6.61 Å². The van der Waals surface area contributed by atoms with Gasteiger partial charge in [0.2, 0.25) is 0 Å². The van der Waals surface area contributed by atoms with E-state index in [1.165, 1.54) is 0 Å². The monoisotopic (exact) mass is 294 g/mol. The number of ketones is 1. The van der Waals surface area contributed by atoms with Crippen molar-refractivity contribution in [1.82, 2.24) is 0 Å². The van der Waals surface area contributed by atoms with Gasteiger partial charge < -0.3 is 4.74 Å². The SMILES string of the molecule is CCOC(=O)[C@@H]1CC(=O)c2ccccc2[C@H]1c1ccccc1. The fraction of sp³-hybridized carbons (Fsp3) is 0.263. The van der Waals surface area contributed by atoms with Crippen LogP contribution in [0.4, 0.5) is 0 Å². The molecule has 112 valence electrons. The Hall–Kier alpha value is -2.42. The zero-order valence-corrected chi connectivity index (χ0v) is 12.5. The molecule has 3 rings (SSSR count). The lowest BCUT2D eigenvalue weighted by Crippen LogP contribution is -2.32. The van der Waals surface area contributed by atoms with Crippen molar-refractivity contribution in [3.05, 3.63) is 71.3 Å². The molecule has 3 nitrogen and oxygen atoms in total. The lowest BCUT2D eigenvalue weighted by Gasteiger charge is -2.31. The van der Waals surface area contributed by atoms with Gasteiger partial charge in [-0.15, -0.1) is 0 Å². The first-order valence-electron chi connectivity index (χ1n) is 7.56. The normalized spacial score (nSPS) is 20.3. The molecule has 0 amide bonds. The molecule has 2 aromatic carbocycles. The molecule has 2 aromatic rings. The molecule has 2 atom stereocenters. The highest BCUT2D eigenvalue weighted by Gasteiger charge is 2.39. The largest absolute Gasteiger partial charge is 0.466 e. The summed E-state index contributed by atoms with van der Waals surface area (Å²) in [5.74, 6) is -0.862. The van der Waals surface area contributed by atoms with Crippen molar-refractivity contribution in [2.24, 2.45) is 5.92 Å². The van der Waals surface area contributed by atoms with E-state index in [9.17, 15) is 9.59 Å². The lowest BCUT2D eigenvalue weighted by atomic mass is 9.71. The zero-order chi connectivity index (χ0) is 15.5. The summed E-state index contributed by atoms with van der Waals surface area (Å²) in [5, 5.41) is 0. The summed E-state index contributed by atoms with van der Waals surface area (Å²) in [7, 11) is 0. The quantitative estimate of drug-likeness (QED) is 0.813. The Morgan fingerprint density at radius 2 is 1.77 bits per heavy atom. The minimum absolute atomic E-state index is 0.0147. The van der Waals surface area contributed by atoms with Crippen LogP contribution in [0.1, 0.15) is 40.7 Å². The Labute approximate surface area is 129 Å². The van der Waals surface area contributed by atoms with Gasteiger partial charge in [-0.05, 0) is 18.1 Å². The minimum Gasteiger partial charge on any atom is -0.466 e. The van der Waals surface area contributed by atoms with E-state index in [1.54, 1.807) is 6.92 Å². The number of hydrogen-bond donors (Lipinski definition) is 0. The molecule has 0 N–H and O–H groups in total. The first-order chi connectivity index (χ1) is 10.7. The van der Waals surface area contributed by atoms with Crippen LogP contribution in [0, 0.1) is 5.92 Å². The summed E-state index contributed by atoms with van der Waals surface area (Å²) in [4.78, 5) is 24.7. The van der Waals surface area contributed by atoms with Gasteiger partial charge in [0.05, 0.1) is 12.5 Å². The van der Waals surface area contributed by atoms with E-state index in [0.717, 1.165) is 16.7 Å². The summed E-state index contributed by atoms with van der Waals surface area (Å²) in [6, 6.07) is 17.4. The molecule has 0 saturated heterocycles. The van der Waals surface area contributed by atoms with Crippen molar-refractivity contribution in [1.29, 1.82) is 0 Å². The van der Waals surface area contributed by atoms with Gasteiger partial charge in [-0.2, -0.15) is 0 Å². The first kappa shape index (κ1) is 14.5. The maximum Gasteiger partial charge on any atom is 0.310 e. The van der Waals surface area contributed by atoms with Gasteiger partial charge in [-0.25, -0.2) is 0 Å². The number of fused-ring (bicyclic) bond motifs is 1. The molecule has 0 aromatic heterocycles. The number of esters is 1. The Kier molecular flexibility index (Phi) is 4.05. The molecule has 0 spiro atoms. The van der Waals surface area contributed by atoms with Crippen molar-refractivity contribution in [3.8, 4) is 0 Å². The summed E-state index contributed by atoms with van der Waals surface area (Å²) in [5.41, 5.74) is 2.68. The van der Waals surface area contributed by atoms with E-state index < -0.39 is 5.92 Å². The number of carbonyl (C=O) groups is 2. The van der Waals surface area contributed by atoms with Gasteiger partial charge in [-0.1, -0.05) is 54.6 Å². The average Bonchev–Trinajstić information content (AvgIpc) is 2.56. The Morgan fingerprint density at radius 3 is 2.50 bits per heavy atom. The second kappa shape index (κ2) is 6.14. The summed E-state index contributed by atoms with van der Waals surface area (Å²) in [6.07, 6.45) is 0.204. The van der Waals surface area contributed by atoms with E-state index in [2.05, 4.69) is 0 Å². The molecule has 0 aliphatic heterocycles. The topological polar surface area (TPSA) is 43.4 Å². The van der Waals surface area contributed by atoms with Crippen molar-refractivity contribution >= 4 is 11.8 Å². The number of benzene rings is 2. The second-order valence-electron chi connectivity index (χ2n) is 5.46. The molecule has 1 aliphatic rings. The van der Waals surface area contributed by atoms with Gasteiger partial charge >= 0.3 is 5.97 Å². The van der Waals surface area contributed by atoms with E-state index >= 15 is 0 Å². The van der Waals surface area contributed by atoms with Crippen LogP contribution < -0.4 is 0 Å². The van der Waals surface area contributed by atoms with Gasteiger partial charge in [0.25, 0.3) is 0 Å². The third-order valence-corrected chi connectivity index (χ3v) is 4.15. The highest BCUT2D eigenvalue weighted by molar-refractivity contribution is 6.02. The van der Waals surface area contributed by atoms with Crippen LogP contribution >= 0.6 is 0 Å². The van der Waals surface area contributed by atoms with E-state index in [1.807, 2.05) is 54.6 Å². The molecule has 22 heavy (non-hydrogen) atoms. The van der Waals surface area contributed by atoms with Gasteiger partial charge in [0.1, 0.15) is 0 Å². The van der Waals surface area contributed by atoms with Crippen LogP contribution in [-0.2, 0) is 9.53 Å². The van der Waals surface area contributed by atoms with Crippen LogP contribution in [0.3, 0.4) is 0 Å². The molecule has 1 aliphatic carbocycles. The first-order valence-corrected chi connectivity index (χ1v) is 7.56. The highest BCUT2D eigenvalue weighted by Crippen LogP contribution is 2.41. The van der Waals surface area contributed by atoms with Gasteiger partial charge in [-0.3, -0.25) is 9.59 Å². The molecule has 0 fully saturated rings. The van der Waals surface area contributed by atoms with Crippen molar-refractivity contribution in [3.63, 3.8) is 0 Å². The van der Waals surface area contributed by atoms with E-state index in [-0.39, 0.29) is 24.1 Å². The predicted molar refractivity (Wildman–Crippen MR) is 83.8 cm³/mol. The standard InChI is InChI=1S/C19H18O3/c1-2-22-19(21)16-12-17(20)14-10-6-7-11-15(14)18(16)13-8-4-3-5-9-13/h3-11,16,18H,2,12H2,1H3/t16-,18-/m1/s1. The zero-order valence-electron chi connectivity index (χ0n) is 12.5. The van der Waals surface area contributed by atoms with Crippen LogP contribution in [0.2, 0.25) is 0 Å². The molecule has 0 unspecified atom stereocenters. The molecule has 0 bridgehead atoms. The average molecular weight is 294 g/mol. The van der Waals surface area contributed by atoms with Crippen molar-refractivity contribution in [2.45, 2.75) is 19.3 Å². The van der Waals surface area contributed by atoms with E-state index in [0.29, 0.717) is 6.61 Å². The second-order valence-corrected chi connectivity index (χ2v) is 5.46. The summed E-state index contributed by atoms with van der Waals surface area (Å²) in [6.45, 7) is 2.11. The number of rotatable bonds is 3. The fourth-order valence-electron chi connectivity index (χ4n) is 3.21. The third-order valence-electron chi connectivity index (χ3n) is 4.15. The molecule has 0 radical (unpaired) electrons. The van der Waals surface area contributed by atoms with E-state index in [4.69, 9.17) is 4.74 Å². The molecular formula is C19H18O3. The highest BCUT2D eigenvalue weighted by atomic mass is 16.5. The predicted octanol–water partition coefficient (Wildman–Crippen LogP) is 3.58. The molecule has 3 heteroatoms. The maximum atomic E-state index is 12.4. The number of hydrogen-bond acceptors (Lipinski definition) is 3. The summed E-state index contributed by atoms with van der Waals surface area (Å²) < 4.78 is 5.21. The minimum atomic E-state index is -0.454. The van der Waals surface area contributed by atoms with Crippen LogP contribution in [0.5, 0.6) is 0 Å². The van der Waals surface area contributed by atoms with Crippen LogP contribution in [-0.4, -0.2) is 18.4 Å². The molecule has 0 saturated carbocycles. The Bertz CT molecular complexity index is 691.